The van der Waals surface area contributed by atoms with E-state index in [2.05, 4.69) is 10.5 Å². The number of fused-ring (bicyclic) bond motifs is 1. The molecule has 1 aromatic heterocycles. The summed E-state index contributed by atoms with van der Waals surface area (Å²) >= 11 is 0. The van der Waals surface area contributed by atoms with E-state index in [0.29, 0.717) is 25.3 Å². The number of aliphatic hydroxyl groups excluding tert-OH is 1. The number of nitrogens with one attached hydrogen (secondary N) is 1. The molecule has 3 heterocycles. The lowest BCUT2D eigenvalue weighted by atomic mass is 10.0. The highest BCUT2D eigenvalue weighted by Crippen LogP contribution is 2.31. The average molecular weight is 281 g/mol. The van der Waals surface area contributed by atoms with E-state index in [4.69, 9.17) is 9.57 Å². The van der Waals surface area contributed by atoms with Crippen molar-refractivity contribution in [1.82, 2.24) is 9.55 Å². The SMILES string of the molecule is O=C[C@H]1C[C@H](n2cc3c(nc2=O)NOCC3)O[C@@H]1CO. The molecule has 3 atom stereocenters. The Balaban J connectivity index is 1.91. The lowest BCUT2D eigenvalue weighted by Crippen LogP contribution is -2.31. The Bertz CT molecular complexity index is 573. The lowest BCUT2D eigenvalue weighted by molar-refractivity contribution is -0.113. The van der Waals surface area contributed by atoms with Crippen LogP contribution in [-0.2, 0) is 20.8 Å². The molecule has 2 aliphatic heterocycles. The zero-order valence-corrected chi connectivity index (χ0v) is 10.7. The average Bonchev–Trinajstić information content (AvgIpc) is 2.89. The van der Waals surface area contributed by atoms with Crippen molar-refractivity contribution in [1.29, 1.82) is 0 Å². The smallest absolute Gasteiger partial charge is 0.351 e. The van der Waals surface area contributed by atoms with E-state index in [1.165, 1.54) is 4.57 Å². The molecule has 2 aliphatic rings. The first-order valence-corrected chi connectivity index (χ1v) is 6.44. The molecule has 20 heavy (non-hydrogen) atoms. The van der Waals surface area contributed by atoms with Gasteiger partial charge in [-0.25, -0.2) is 10.3 Å². The zero-order chi connectivity index (χ0) is 14.1. The molecule has 3 rings (SSSR count). The first-order valence-electron chi connectivity index (χ1n) is 6.44. The number of carbonyl (C=O) groups excluding carboxylic acids is 1. The van der Waals surface area contributed by atoms with Gasteiger partial charge in [0.15, 0.2) is 5.82 Å². The summed E-state index contributed by atoms with van der Waals surface area (Å²) in [5, 5.41) is 9.18. The van der Waals surface area contributed by atoms with Crippen LogP contribution >= 0.6 is 0 Å². The van der Waals surface area contributed by atoms with Gasteiger partial charge in [-0.1, -0.05) is 0 Å². The van der Waals surface area contributed by atoms with Crippen LogP contribution in [0, 0.1) is 5.92 Å². The number of rotatable bonds is 3. The molecule has 0 unspecified atom stereocenters. The molecular weight excluding hydrogens is 266 g/mol. The maximum absolute atomic E-state index is 12.0. The van der Waals surface area contributed by atoms with E-state index in [9.17, 15) is 14.7 Å². The molecule has 0 spiro atoms. The van der Waals surface area contributed by atoms with Crippen LogP contribution in [0.3, 0.4) is 0 Å². The summed E-state index contributed by atoms with van der Waals surface area (Å²) in [4.78, 5) is 31.9. The number of aldehydes is 1. The van der Waals surface area contributed by atoms with Crippen molar-refractivity contribution in [2.45, 2.75) is 25.2 Å². The fraction of sp³-hybridized carbons (Fsp3) is 0.583. The predicted molar refractivity (Wildman–Crippen MR) is 66.9 cm³/mol. The fourth-order valence-electron chi connectivity index (χ4n) is 2.51. The van der Waals surface area contributed by atoms with E-state index in [1.54, 1.807) is 6.20 Å². The summed E-state index contributed by atoms with van der Waals surface area (Å²) < 4.78 is 6.94. The predicted octanol–water partition coefficient (Wildman–Crippen LogP) is -0.762. The van der Waals surface area contributed by atoms with Crippen LogP contribution in [0.15, 0.2) is 11.0 Å². The minimum Gasteiger partial charge on any atom is -0.394 e. The maximum Gasteiger partial charge on any atom is 0.351 e. The minimum atomic E-state index is -0.574. The molecule has 0 bridgehead atoms. The second-order valence-corrected chi connectivity index (χ2v) is 4.85. The Labute approximate surface area is 114 Å². The first-order chi connectivity index (χ1) is 9.72. The normalized spacial score (nSPS) is 28.8. The number of hydrogen-bond acceptors (Lipinski definition) is 7. The second kappa shape index (κ2) is 5.31. The van der Waals surface area contributed by atoms with Crippen molar-refractivity contribution >= 4 is 12.1 Å². The molecule has 1 fully saturated rings. The Kier molecular flexibility index (Phi) is 3.51. The quantitative estimate of drug-likeness (QED) is 0.702. The van der Waals surface area contributed by atoms with Crippen LogP contribution in [0.5, 0.6) is 0 Å². The van der Waals surface area contributed by atoms with Gasteiger partial charge in [0.25, 0.3) is 0 Å². The van der Waals surface area contributed by atoms with Gasteiger partial charge in [0.2, 0.25) is 0 Å². The van der Waals surface area contributed by atoms with Crippen molar-refractivity contribution in [3.8, 4) is 0 Å². The van der Waals surface area contributed by atoms with Crippen LogP contribution < -0.4 is 11.2 Å². The van der Waals surface area contributed by atoms with Crippen LogP contribution in [0.1, 0.15) is 18.2 Å². The number of carbonyl (C=O) groups is 1. The van der Waals surface area contributed by atoms with Gasteiger partial charge in [0.1, 0.15) is 12.5 Å². The third kappa shape index (κ3) is 2.21. The molecule has 2 N–H and O–H groups in total. The third-order valence-corrected chi connectivity index (χ3v) is 3.62. The molecule has 8 heteroatoms. The van der Waals surface area contributed by atoms with Gasteiger partial charge in [-0.15, -0.1) is 0 Å². The summed E-state index contributed by atoms with van der Waals surface area (Å²) in [6.45, 7) is 0.247. The Hall–Kier alpha value is -1.77. The van der Waals surface area contributed by atoms with Crippen LogP contribution in [-0.4, -0.2) is 40.3 Å². The van der Waals surface area contributed by atoms with Gasteiger partial charge >= 0.3 is 5.69 Å². The molecular formula is C12H15N3O5. The molecule has 1 saturated heterocycles. The molecule has 108 valence electrons. The van der Waals surface area contributed by atoms with E-state index in [-0.39, 0.29) is 6.61 Å². The second-order valence-electron chi connectivity index (χ2n) is 4.85. The van der Waals surface area contributed by atoms with Gasteiger partial charge in [0.05, 0.1) is 19.3 Å². The Morgan fingerprint density at radius 2 is 2.45 bits per heavy atom. The van der Waals surface area contributed by atoms with Crippen molar-refractivity contribution < 1.29 is 19.5 Å². The van der Waals surface area contributed by atoms with Gasteiger partial charge in [-0.05, 0) is 0 Å². The highest BCUT2D eigenvalue weighted by atomic mass is 16.6. The summed E-state index contributed by atoms with van der Waals surface area (Å²) in [5.41, 5.74) is 2.98. The summed E-state index contributed by atoms with van der Waals surface area (Å²) in [6.07, 6.45) is 2.29. The molecule has 0 amide bonds. The summed E-state index contributed by atoms with van der Waals surface area (Å²) in [6, 6.07) is 0. The number of anilines is 1. The largest absolute Gasteiger partial charge is 0.394 e. The van der Waals surface area contributed by atoms with Gasteiger partial charge < -0.3 is 14.6 Å². The molecule has 0 aromatic carbocycles. The first kappa shape index (κ1) is 13.2. The van der Waals surface area contributed by atoms with E-state index in [1.807, 2.05) is 0 Å². The number of hydrogen-bond donors (Lipinski definition) is 2. The van der Waals surface area contributed by atoms with Crippen LogP contribution in [0.2, 0.25) is 0 Å². The Morgan fingerprint density at radius 3 is 3.15 bits per heavy atom. The molecule has 8 nitrogen and oxygen atoms in total. The minimum absolute atomic E-state index is 0.248. The number of ether oxygens (including phenoxy) is 1. The lowest BCUT2D eigenvalue weighted by Gasteiger charge is -2.20. The highest BCUT2D eigenvalue weighted by molar-refractivity contribution is 5.55. The third-order valence-electron chi connectivity index (χ3n) is 3.62. The summed E-state index contributed by atoms with van der Waals surface area (Å²) in [7, 11) is 0. The molecule has 1 aromatic rings. The van der Waals surface area contributed by atoms with Gasteiger partial charge in [0, 0.05) is 30.5 Å². The molecule has 0 aliphatic carbocycles. The standard InChI is InChI=1S/C12H15N3O5/c16-5-8-3-10(20-9(8)6-17)15-4-7-1-2-19-14-11(7)13-12(15)18/h4-5,8-10,17H,1-3,6H2,(H,13,14,18)/t8-,9-,10-/m1/s1. The van der Waals surface area contributed by atoms with Crippen molar-refractivity contribution in [2.24, 2.45) is 5.92 Å². The maximum atomic E-state index is 12.0. The van der Waals surface area contributed by atoms with Crippen molar-refractivity contribution in [3.05, 3.63) is 22.2 Å². The molecule has 0 saturated carbocycles. The monoisotopic (exact) mass is 281 g/mol. The molecule has 0 radical (unpaired) electrons. The fourth-order valence-corrected chi connectivity index (χ4v) is 2.51. The van der Waals surface area contributed by atoms with E-state index in [0.717, 1.165) is 11.8 Å². The zero-order valence-electron chi connectivity index (χ0n) is 10.7. The van der Waals surface area contributed by atoms with Crippen molar-refractivity contribution in [2.75, 3.05) is 18.7 Å². The van der Waals surface area contributed by atoms with Crippen LogP contribution in [0.4, 0.5) is 5.82 Å². The Morgan fingerprint density at radius 1 is 1.60 bits per heavy atom. The number of aliphatic hydroxyl groups is 1. The number of aromatic nitrogens is 2. The van der Waals surface area contributed by atoms with E-state index >= 15 is 0 Å². The summed E-state index contributed by atoms with van der Waals surface area (Å²) in [5.74, 6) is 0.00975. The number of nitrogens with zero attached hydrogens (tertiary/aromatic N) is 2. The van der Waals surface area contributed by atoms with Crippen molar-refractivity contribution in [3.63, 3.8) is 0 Å². The topological polar surface area (TPSA) is 103 Å². The van der Waals surface area contributed by atoms with E-state index < -0.39 is 23.9 Å². The van der Waals surface area contributed by atoms with Gasteiger partial charge in [-0.3, -0.25) is 9.40 Å². The van der Waals surface area contributed by atoms with Gasteiger partial charge in [-0.2, -0.15) is 4.98 Å². The van der Waals surface area contributed by atoms with Crippen LogP contribution in [0.25, 0.3) is 0 Å². The highest BCUT2D eigenvalue weighted by Gasteiger charge is 2.36.